The highest BCUT2D eigenvalue weighted by Crippen LogP contribution is 2.27. The molecule has 0 bridgehead atoms. The van der Waals surface area contributed by atoms with E-state index < -0.39 is 0 Å². The number of hydrogen-bond acceptors (Lipinski definition) is 2. The van der Waals surface area contributed by atoms with Crippen LogP contribution in [-0.4, -0.2) is 22.2 Å². The number of alkyl halides is 1. The Morgan fingerprint density at radius 2 is 2.43 bits per heavy atom. The molecule has 0 saturated carbocycles. The van der Waals surface area contributed by atoms with Gasteiger partial charge in [-0.15, -0.1) is 11.3 Å². The molecule has 1 saturated heterocycles. The van der Waals surface area contributed by atoms with E-state index in [1.54, 1.807) is 11.3 Å². The molecule has 1 atom stereocenters. The van der Waals surface area contributed by atoms with Crippen LogP contribution in [0.3, 0.4) is 0 Å². The van der Waals surface area contributed by atoms with Gasteiger partial charge in [0, 0.05) is 24.3 Å². The number of hydrogen-bond donors (Lipinski definition) is 0. The molecule has 2 heterocycles. The zero-order chi connectivity index (χ0) is 10.1. The molecule has 1 aromatic rings. The summed E-state index contributed by atoms with van der Waals surface area (Å²) in [4.78, 5) is 13.7. The standard InChI is InChI=1S/C9H9Br2NOS/c10-7-3-8(13)12(5-7)4-6-1-2-14-9(6)11/h1-2,7H,3-5H2. The van der Waals surface area contributed by atoms with Crippen molar-refractivity contribution in [1.29, 1.82) is 0 Å². The first-order valence-corrected chi connectivity index (χ1v) is 6.89. The van der Waals surface area contributed by atoms with Gasteiger partial charge in [-0.3, -0.25) is 4.79 Å². The number of likely N-dealkylation sites (tertiary alicyclic amines) is 1. The van der Waals surface area contributed by atoms with Crippen LogP contribution in [0, 0.1) is 0 Å². The summed E-state index contributed by atoms with van der Waals surface area (Å²) in [6.07, 6.45) is 0.627. The second-order valence-electron chi connectivity index (χ2n) is 3.30. The third-order valence-electron chi connectivity index (χ3n) is 2.22. The van der Waals surface area contributed by atoms with Crippen molar-refractivity contribution >= 4 is 49.1 Å². The number of nitrogens with zero attached hydrogens (tertiary/aromatic N) is 1. The summed E-state index contributed by atoms with van der Waals surface area (Å²) in [6.45, 7) is 1.55. The Morgan fingerprint density at radius 3 is 2.93 bits per heavy atom. The van der Waals surface area contributed by atoms with Gasteiger partial charge in [0.05, 0.1) is 3.79 Å². The van der Waals surface area contributed by atoms with Crippen LogP contribution in [0.2, 0.25) is 0 Å². The number of thiophene rings is 1. The van der Waals surface area contributed by atoms with E-state index in [0.717, 1.165) is 16.9 Å². The Kier molecular flexibility index (Phi) is 3.29. The largest absolute Gasteiger partial charge is 0.337 e. The highest BCUT2D eigenvalue weighted by molar-refractivity contribution is 9.11. The zero-order valence-corrected chi connectivity index (χ0v) is 11.4. The van der Waals surface area contributed by atoms with Crippen molar-refractivity contribution in [3.63, 3.8) is 0 Å². The molecule has 1 fully saturated rings. The van der Waals surface area contributed by atoms with Gasteiger partial charge in [-0.2, -0.15) is 0 Å². The third kappa shape index (κ3) is 2.20. The number of carbonyl (C=O) groups is 1. The molecule has 1 aliphatic heterocycles. The highest BCUT2D eigenvalue weighted by atomic mass is 79.9. The molecular formula is C9H9Br2NOS. The van der Waals surface area contributed by atoms with Gasteiger partial charge in [0.2, 0.25) is 5.91 Å². The van der Waals surface area contributed by atoms with Crippen molar-refractivity contribution in [3.05, 3.63) is 20.8 Å². The Bertz CT molecular complexity index is 352. The van der Waals surface area contributed by atoms with E-state index in [0.29, 0.717) is 11.2 Å². The van der Waals surface area contributed by atoms with Gasteiger partial charge in [0.25, 0.3) is 0 Å². The van der Waals surface area contributed by atoms with E-state index >= 15 is 0 Å². The number of rotatable bonds is 2. The fraction of sp³-hybridized carbons (Fsp3) is 0.444. The van der Waals surface area contributed by atoms with Crippen molar-refractivity contribution < 1.29 is 4.79 Å². The van der Waals surface area contributed by atoms with Gasteiger partial charge in [0.15, 0.2) is 0 Å². The van der Waals surface area contributed by atoms with Crippen molar-refractivity contribution in [1.82, 2.24) is 4.90 Å². The van der Waals surface area contributed by atoms with E-state index in [1.165, 1.54) is 5.56 Å². The summed E-state index contributed by atoms with van der Waals surface area (Å²) in [5.41, 5.74) is 1.20. The minimum Gasteiger partial charge on any atom is -0.337 e. The van der Waals surface area contributed by atoms with Gasteiger partial charge in [0.1, 0.15) is 0 Å². The van der Waals surface area contributed by atoms with Crippen LogP contribution < -0.4 is 0 Å². The molecule has 1 aromatic heterocycles. The van der Waals surface area contributed by atoms with Crippen molar-refractivity contribution in [3.8, 4) is 0 Å². The molecule has 0 aromatic carbocycles. The monoisotopic (exact) mass is 337 g/mol. The lowest BCUT2D eigenvalue weighted by atomic mass is 10.3. The van der Waals surface area contributed by atoms with Gasteiger partial charge in [-0.25, -0.2) is 0 Å². The van der Waals surface area contributed by atoms with Crippen molar-refractivity contribution in [2.24, 2.45) is 0 Å². The normalized spacial score (nSPS) is 22.0. The SMILES string of the molecule is O=C1CC(Br)CN1Cc1ccsc1Br. The van der Waals surface area contributed by atoms with Gasteiger partial charge >= 0.3 is 0 Å². The number of halogens is 2. The summed E-state index contributed by atoms with van der Waals surface area (Å²) < 4.78 is 1.13. The van der Waals surface area contributed by atoms with Crippen molar-refractivity contribution in [2.45, 2.75) is 17.8 Å². The molecule has 76 valence electrons. The maximum atomic E-state index is 11.5. The second-order valence-corrected chi connectivity index (χ2v) is 6.82. The van der Waals surface area contributed by atoms with Gasteiger partial charge < -0.3 is 4.90 Å². The Labute approximate surface area is 104 Å². The second kappa shape index (κ2) is 4.33. The summed E-state index contributed by atoms with van der Waals surface area (Å²) in [7, 11) is 0. The highest BCUT2D eigenvalue weighted by Gasteiger charge is 2.27. The minimum absolute atomic E-state index is 0.241. The lowest BCUT2D eigenvalue weighted by molar-refractivity contribution is -0.128. The predicted molar refractivity (Wildman–Crippen MR) is 64.8 cm³/mol. The molecule has 2 rings (SSSR count). The molecule has 1 aliphatic rings. The van der Waals surface area contributed by atoms with E-state index in [2.05, 4.69) is 37.9 Å². The first-order chi connectivity index (χ1) is 6.66. The van der Waals surface area contributed by atoms with Crippen LogP contribution >= 0.6 is 43.2 Å². The number of amides is 1. The molecule has 1 amide bonds. The Balaban J connectivity index is 2.05. The van der Waals surface area contributed by atoms with E-state index in [-0.39, 0.29) is 5.91 Å². The maximum absolute atomic E-state index is 11.5. The van der Waals surface area contributed by atoms with Gasteiger partial charge in [-0.1, -0.05) is 15.9 Å². The summed E-state index contributed by atoms with van der Waals surface area (Å²) in [5, 5.41) is 2.03. The average molecular weight is 339 g/mol. The third-order valence-corrected chi connectivity index (χ3v) is 4.65. The lowest BCUT2D eigenvalue weighted by Gasteiger charge is -2.14. The molecule has 14 heavy (non-hydrogen) atoms. The molecule has 5 heteroatoms. The molecular weight excluding hydrogens is 330 g/mol. The van der Waals surface area contributed by atoms with E-state index in [1.807, 2.05) is 10.3 Å². The fourth-order valence-corrected chi connectivity index (χ4v) is 3.36. The Hall–Kier alpha value is 0.130. The van der Waals surface area contributed by atoms with Crippen LogP contribution in [0.5, 0.6) is 0 Å². The molecule has 0 radical (unpaired) electrons. The Morgan fingerprint density at radius 1 is 1.64 bits per heavy atom. The smallest absolute Gasteiger partial charge is 0.224 e. The quantitative estimate of drug-likeness (QED) is 0.759. The predicted octanol–water partition coefficient (Wildman–Crippen LogP) is 3.01. The molecule has 2 nitrogen and oxygen atoms in total. The minimum atomic E-state index is 0.241. The maximum Gasteiger partial charge on any atom is 0.224 e. The summed E-state index contributed by atoms with van der Waals surface area (Å²) in [6, 6.07) is 2.06. The number of carbonyl (C=O) groups excluding carboxylic acids is 1. The van der Waals surface area contributed by atoms with Crippen LogP contribution in [0.25, 0.3) is 0 Å². The lowest BCUT2D eigenvalue weighted by Crippen LogP contribution is -2.24. The topological polar surface area (TPSA) is 20.3 Å². The molecule has 0 aliphatic carbocycles. The fourth-order valence-electron chi connectivity index (χ4n) is 1.51. The van der Waals surface area contributed by atoms with Crippen LogP contribution in [-0.2, 0) is 11.3 Å². The van der Waals surface area contributed by atoms with Crippen LogP contribution in [0.1, 0.15) is 12.0 Å². The molecule has 0 N–H and O–H groups in total. The molecule has 1 unspecified atom stereocenters. The van der Waals surface area contributed by atoms with Gasteiger partial charge in [-0.05, 0) is 32.9 Å². The van der Waals surface area contributed by atoms with E-state index in [4.69, 9.17) is 0 Å². The van der Waals surface area contributed by atoms with Crippen LogP contribution in [0.15, 0.2) is 15.2 Å². The van der Waals surface area contributed by atoms with Crippen molar-refractivity contribution in [2.75, 3.05) is 6.54 Å². The summed E-state index contributed by atoms with van der Waals surface area (Å²) in [5.74, 6) is 0.241. The first-order valence-electron chi connectivity index (χ1n) is 4.30. The summed E-state index contributed by atoms with van der Waals surface area (Å²) >= 11 is 8.60. The molecule has 0 spiro atoms. The zero-order valence-electron chi connectivity index (χ0n) is 7.37. The average Bonchev–Trinajstić information content (AvgIpc) is 2.62. The first kappa shape index (κ1) is 10.6. The van der Waals surface area contributed by atoms with Crippen LogP contribution in [0.4, 0.5) is 0 Å². The van der Waals surface area contributed by atoms with E-state index in [9.17, 15) is 4.79 Å².